The van der Waals surface area contributed by atoms with Gasteiger partial charge in [-0.1, -0.05) is 49.4 Å². The van der Waals surface area contributed by atoms with Gasteiger partial charge in [0.05, 0.1) is 0 Å². The second-order valence-electron chi connectivity index (χ2n) is 8.66. The van der Waals surface area contributed by atoms with E-state index in [2.05, 4.69) is 5.32 Å². The third-order valence-corrected chi connectivity index (χ3v) is 4.99. The fourth-order valence-corrected chi connectivity index (χ4v) is 3.26. The number of hydrogen-bond acceptors (Lipinski definition) is 3. The molecule has 0 spiro atoms. The van der Waals surface area contributed by atoms with Gasteiger partial charge < -0.3 is 15.0 Å². The van der Waals surface area contributed by atoms with Crippen LogP contribution in [0.4, 0.5) is 0 Å². The van der Waals surface area contributed by atoms with E-state index in [1.165, 1.54) is 0 Å². The van der Waals surface area contributed by atoms with Crippen LogP contribution < -0.4 is 10.1 Å². The van der Waals surface area contributed by atoms with Gasteiger partial charge in [0.2, 0.25) is 5.91 Å². The second-order valence-corrected chi connectivity index (χ2v) is 8.66. The van der Waals surface area contributed by atoms with Crippen molar-refractivity contribution in [2.45, 2.75) is 66.1 Å². The van der Waals surface area contributed by atoms with Gasteiger partial charge >= 0.3 is 0 Å². The van der Waals surface area contributed by atoms with E-state index in [1.807, 2.05) is 90.1 Å². The van der Waals surface area contributed by atoms with E-state index in [-0.39, 0.29) is 24.0 Å². The Hall–Kier alpha value is -2.82. The number of amides is 2. The zero-order valence-corrected chi connectivity index (χ0v) is 19.0. The van der Waals surface area contributed by atoms with Crippen LogP contribution in [0.25, 0.3) is 0 Å². The van der Waals surface area contributed by atoms with Crippen molar-refractivity contribution in [3.05, 3.63) is 65.2 Å². The fraction of sp³-hybridized carbons (Fsp3) is 0.440. The van der Waals surface area contributed by atoms with E-state index in [1.54, 1.807) is 4.90 Å². The summed E-state index contributed by atoms with van der Waals surface area (Å²) in [5.74, 6) is 0.326. The lowest BCUT2D eigenvalue weighted by Crippen LogP contribution is -2.54. The van der Waals surface area contributed by atoms with E-state index in [0.717, 1.165) is 16.7 Å². The highest BCUT2D eigenvalue weighted by Gasteiger charge is 2.30. The molecular formula is C25H34N2O3. The smallest absolute Gasteiger partial charge is 0.261 e. The Morgan fingerprint density at radius 2 is 1.70 bits per heavy atom. The second kappa shape index (κ2) is 10.3. The maximum atomic E-state index is 13.2. The highest BCUT2D eigenvalue weighted by atomic mass is 16.5. The van der Waals surface area contributed by atoms with Crippen LogP contribution in [0.5, 0.6) is 5.75 Å². The predicted octanol–water partition coefficient (Wildman–Crippen LogP) is 4.40. The molecule has 0 aliphatic heterocycles. The van der Waals surface area contributed by atoms with Gasteiger partial charge in [0.1, 0.15) is 11.8 Å². The number of hydrogen-bond donors (Lipinski definition) is 1. The van der Waals surface area contributed by atoms with E-state index in [0.29, 0.717) is 18.7 Å². The van der Waals surface area contributed by atoms with Gasteiger partial charge in [-0.25, -0.2) is 0 Å². The standard InChI is InChI=1S/C25H34N2O3/c1-7-21(24(29)26-25(4,5)6)27(16-20-13-9-8-10-14-20)23(28)17-30-22-15-11-12-18(2)19(22)3/h8-15,21H,7,16-17H2,1-6H3,(H,26,29). The number of aryl methyl sites for hydroxylation is 1. The lowest BCUT2D eigenvalue weighted by Gasteiger charge is -2.33. The molecule has 0 aromatic heterocycles. The molecule has 0 saturated heterocycles. The zero-order valence-electron chi connectivity index (χ0n) is 19.0. The first-order chi connectivity index (χ1) is 14.1. The molecule has 1 unspecified atom stereocenters. The molecule has 0 fully saturated rings. The molecule has 0 aliphatic rings. The molecule has 162 valence electrons. The Kier molecular flexibility index (Phi) is 8.04. The highest BCUT2D eigenvalue weighted by Crippen LogP contribution is 2.21. The Morgan fingerprint density at radius 3 is 2.30 bits per heavy atom. The van der Waals surface area contributed by atoms with Gasteiger partial charge in [-0.15, -0.1) is 0 Å². The highest BCUT2D eigenvalue weighted by molar-refractivity contribution is 5.88. The molecule has 0 bridgehead atoms. The van der Waals surface area contributed by atoms with Crippen molar-refractivity contribution >= 4 is 11.8 Å². The van der Waals surface area contributed by atoms with Crippen molar-refractivity contribution in [3.63, 3.8) is 0 Å². The summed E-state index contributed by atoms with van der Waals surface area (Å²) in [7, 11) is 0. The lowest BCUT2D eigenvalue weighted by atomic mass is 10.1. The molecular weight excluding hydrogens is 376 g/mol. The quantitative estimate of drug-likeness (QED) is 0.701. The normalized spacial score (nSPS) is 12.2. The van der Waals surface area contributed by atoms with Crippen molar-refractivity contribution in [1.82, 2.24) is 10.2 Å². The maximum absolute atomic E-state index is 13.2. The van der Waals surface area contributed by atoms with Crippen molar-refractivity contribution in [3.8, 4) is 5.75 Å². The van der Waals surface area contributed by atoms with Crippen molar-refractivity contribution in [2.75, 3.05) is 6.61 Å². The third-order valence-electron chi connectivity index (χ3n) is 4.99. The van der Waals surface area contributed by atoms with Gasteiger partial charge in [0.25, 0.3) is 5.91 Å². The molecule has 0 radical (unpaired) electrons. The molecule has 30 heavy (non-hydrogen) atoms. The molecule has 2 rings (SSSR count). The van der Waals surface area contributed by atoms with Gasteiger partial charge in [0, 0.05) is 12.1 Å². The largest absolute Gasteiger partial charge is 0.483 e. The molecule has 0 aliphatic carbocycles. The Balaban J connectivity index is 2.23. The molecule has 2 aromatic rings. The summed E-state index contributed by atoms with van der Waals surface area (Å²) in [5, 5.41) is 3.01. The summed E-state index contributed by atoms with van der Waals surface area (Å²) in [5.41, 5.74) is 2.72. The first-order valence-corrected chi connectivity index (χ1v) is 10.5. The zero-order chi connectivity index (χ0) is 22.3. The summed E-state index contributed by atoms with van der Waals surface area (Å²) in [6.45, 7) is 11.9. The molecule has 1 N–H and O–H groups in total. The number of nitrogens with one attached hydrogen (secondary N) is 1. The number of ether oxygens (including phenoxy) is 1. The number of benzene rings is 2. The van der Waals surface area contributed by atoms with Gasteiger partial charge in [0.15, 0.2) is 6.61 Å². The Labute approximate surface area is 180 Å². The molecule has 0 heterocycles. The van der Waals surface area contributed by atoms with Gasteiger partial charge in [-0.3, -0.25) is 9.59 Å². The summed E-state index contributed by atoms with van der Waals surface area (Å²) < 4.78 is 5.85. The summed E-state index contributed by atoms with van der Waals surface area (Å²) in [4.78, 5) is 27.8. The lowest BCUT2D eigenvalue weighted by molar-refractivity contribution is -0.143. The van der Waals surface area contributed by atoms with Crippen LogP contribution in [-0.4, -0.2) is 34.9 Å². The van der Waals surface area contributed by atoms with Crippen LogP contribution in [0.1, 0.15) is 50.8 Å². The number of carbonyl (C=O) groups is 2. The molecule has 1 atom stereocenters. The average molecular weight is 411 g/mol. The summed E-state index contributed by atoms with van der Waals surface area (Å²) in [6, 6.07) is 14.9. The molecule has 2 amide bonds. The molecule has 2 aromatic carbocycles. The van der Waals surface area contributed by atoms with Gasteiger partial charge in [-0.05, 0) is 63.8 Å². The van der Waals surface area contributed by atoms with Crippen LogP contribution in [-0.2, 0) is 16.1 Å². The Bertz CT molecular complexity index is 856. The van der Waals surface area contributed by atoms with E-state index in [4.69, 9.17) is 4.74 Å². The van der Waals surface area contributed by atoms with Crippen molar-refractivity contribution in [1.29, 1.82) is 0 Å². The van der Waals surface area contributed by atoms with Crippen LogP contribution in [0, 0.1) is 13.8 Å². The third kappa shape index (κ3) is 6.61. The van der Waals surface area contributed by atoms with Crippen LogP contribution in [0.2, 0.25) is 0 Å². The fourth-order valence-electron chi connectivity index (χ4n) is 3.26. The van der Waals surface area contributed by atoms with E-state index >= 15 is 0 Å². The van der Waals surface area contributed by atoms with Crippen LogP contribution >= 0.6 is 0 Å². The molecule has 0 saturated carbocycles. The number of rotatable bonds is 8. The van der Waals surface area contributed by atoms with Crippen LogP contribution in [0.3, 0.4) is 0 Å². The number of nitrogens with zero attached hydrogens (tertiary/aromatic N) is 1. The Morgan fingerprint density at radius 1 is 1.03 bits per heavy atom. The topological polar surface area (TPSA) is 58.6 Å². The minimum absolute atomic E-state index is 0.115. The summed E-state index contributed by atoms with van der Waals surface area (Å²) >= 11 is 0. The molecule has 5 nitrogen and oxygen atoms in total. The van der Waals surface area contributed by atoms with Crippen molar-refractivity contribution in [2.24, 2.45) is 0 Å². The van der Waals surface area contributed by atoms with E-state index < -0.39 is 6.04 Å². The summed E-state index contributed by atoms with van der Waals surface area (Å²) in [6.07, 6.45) is 0.518. The average Bonchev–Trinajstić information content (AvgIpc) is 2.68. The minimum atomic E-state index is -0.570. The monoisotopic (exact) mass is 410 g/mol. The van der Waals surface area contributed by atoms with Crippen LogP contribution in [0.15, 0.2) is 48.5 Å². The number of carbonyl (C=O) groups excluding carboxylic acids is 2. The van der Waals surface area contributed by atoms with E-state index in [9.17, 15) is 9.59 Å². The first-order valence-electron chi connectivity index (χ1n) is 10.5. The van der Waals surface area contributed by atoms with Crippen molar-refractivity contribution < 1.29 is 14.3 Å². The minimum Gasteiger partial charge on any atom is -0.483 e. The SMILES string of the molecule is CCC(C(=O)NC(C)(C)C)N(Cc1ccccc1)C(=O)COc1cccc(C)c1C. The predicted molar refractivity (Wildman–Crippen MR) is 120 cm³/mol. The van der Waals surface area contributed by atoms with Gasteiger partial charge in [-0.2, -0.15) is 0 Å². The molecule has 5 heteroatoms. The first kappa shape index (κ1) is 23.5. The maximum Gasteiger partial charge on any atom is 0.261 e.